The number of amidine groups is 1. The van der Waals surface area contributed by atoms with Crippen LogP contribution in [0.1, 0.15) is 19.4 Å². The Hall–Kier alpha value is -3.03. The average Bonchev–Trinajstić information content (AvgIpc) is 2.68. The largest absolute Gasteiger partial charge is 0.491 e. The Kier molecular flexibility index (Phi) is 7.64. The Morgan fingerprint density at radius 3 is 2.72 bits per heavy atom. The van der Waals surface area contributed by atoms with Gasteiger partial charge in [0.1, 0.15) is 18.3 Å². The van der Waals surface area contributed by atoms with E-state index in [0.717, 1.165) is 5.70 Å². The summed E-state index contributed by atoms with van der Waals surface area (Å²) in [7, 11) is 1.67. The molecule has 0 radical (unpaired) electrons. The van der Waals surface area contributed by atoms with Gasteiger partial charge in [0.2, 0.25) is 0 Å². The lowest BCUT2D eigenvalue weighted by molar-refractivity contribution is 0.222. The number of alkyl halides is 1. The first-order chi connectivity index (χ1) is 13.8. The monoisotopic (exact) mass is 402 g/mol. The van der Waals surface area contributed by atoms with Gasteiger partial charge in [-0.2, -0.15) is 0 Å². The number of nitrogen functional groups attached to an aromatic ring is 1. The van der Waals surface area contributed by atoms with Gasteiger partial charge >= 0.3 is 0 Å². The maximum Gasteiger partial charge on any atom is 0.125 e. The number of nitrogens with one attached hydrogen (secondary N) is 1. The molecule has 0 spiro atoms. The van der Waals surface area contributed by atoms with Gasteiger partial charge < -0.3 is 26.0 Å². The van der Waals surface area contributed by atoms with Crippen LogP contribution >= 0.6 is 0 Å². The van der Waals surface area contributed by atoms with Crippen LogP contribution in [0, 0.1) is 5.41 Å². The minimum atomic E-state index is -0.404. The van der Waals surface area contributed by atoms with Gasteiger partial charge in [0.25, 0.3) is 0 Å². The van der Waals surface area contributed by atoms with Crippen molar-refractivity contribution in [3.63, 3.8) is 0 Å². The number of piperazine rings is 1. The van der Waals surface area contributed by atoms with E-state index in [9.17, 15) is 4.39 Å². The summed E-state index contributed by atoms with van der Waals surface area (Å²) in [6, 6.07) is 5.20. The SMILES string of the molecule is C=C1CN(C(C=C(N)C(=N)c2cc(OC(C)C)ccc2N)=NC)CCN1CCF. The highest BCUT2D eigenvalue weighted by atomic mass is 19.1. The molecule has 7 nitrogen and oxygen atoms in total. The van der Waals surface area contributed by atoms with E-state index in [1.54, 1.807) is 31.3 Å². The maximum atomic E-state index is 12.6. The number of allylic oxidation sites excluding steroid dienone is 1. The summed E-state index contributed by atoms with van der Waals surface area (Å²) in [5.41, 5.74) is 14.4. The van der Waals surface area contributed by atoms with Crippen molar-refractivity contribution in [1.82, 2.24) is 9.80 Å². The molecule has 1 aromatic carbocycles. The summed E-state index contributed by atoms with van der Waals surface area (Å²) in [4.78, 5) is 8.26. The lowest BCUT2D eigenvalue weighted by Crippen LogP contribution is -2.47. The topological polar surface area (TPSA) is 104 Å². The van der Waals surface area contributed by atoms with Crippen molar-refractivity contribution in [3.05, 3.63) is 47.8 Å². The number of hydrogen-bond acceptors (Lipinski definition) is 6. The van der Waals surface area contributed by atoms with Crippen LogP contribution in [0.4, 0.5) is 10.1 Å². The van der Waals surface area contributed by atoms with Gasteiger partial charge in [-0.05, 0) is 32.0 Å². The molecule has 0 atom stereocenters. The van der Waals surface area contributed by atoms with Crippen LogP contribution in [0.3, 0.4) is 0 Å². The molecule has 1 aromatic rings. The molecule has 8 heteroatoms. The van der Waals surface area contributed by atoms with Crippen LogP contribution in [0.2, 0.25) is 0 Å². The van der Waals surface area contributed by atoms with E-state index < -0.39 is 6.67 Å². The number of rotatable bonds is 7. The average molecular weight is 403 g/mol. The third-order valence-corrected chi connectivity index (χ3v) is 4.61. The molecule has 0 saturated carbocycles. The number of halogens is 1. The Balaban J connectivity index is 2.18. The zero-order chi connectivity index (χ0) is 21.6. The van der Waals surface area contributed by atoms with Crippen molar-refractivity contribution in [2.75, 3.05) is 45.6 Å². The maximum absolute atomic E-state index is 12.6. The molecule has 0 unspecified atom stereocenters. The number of nitrogens with two attached hydrogens (primary N) is 2. The zero-order valence-electron chi connectivity index (χ0n) is 17.4. The molecule has 1 fully saturated rings. The van der Waals surface area contributed by atoms with Crippen molar-refractivity contribution in [2.24, 2.45) is 10.7 Å². The van der Waals surface area contributed by atoms with Crippen LogP contribution in [0.5, 0.6) is 5.75 Å². The molecule has 1 aliphatic heterocycles. The standard InChI is InChI=1S/C21H31FN6O/c1-14(2)29-16-5-6-18(23)17(11-16)21(25)19(24)12-20(26-4)28-10-9-27(8-7-22)15(3)13-28/h5-6,11-12,14,25H,3,7-10,13,23-24H2,1-2,4H3. The molecule has 2 rings (SSSR count). The minimum absolute atomic E-state index is 0.0107. The van der Waals surface area contributed by atoms with E-state index in [2.05, 4.69) is 11.6 Å². The number of nitrogens with zero attached hydrogens (tertiary/aromatic N) is 3. The first-order valence-corrected chi connectivity index (χ1v) is 9.59. The molecule has 1 saturated heterocycles. The van der Waals surface area contributed by atoms with E-state index >= 15 is 0 Å². The summed E-state index contributed by atoms with van der Waals surface area (Å²) in [6.45, 7) is 9.70. The summed E-state index contributed by atoms with van der Waals surface area (Å²) in [5, 5.41) is 8.49. The van der Waals surface area contributed by atoms with Crippen molar-refractivity contribution < 1.29 is 9.13 Å². The predicted molar refractivity (Wildman–Crippen MR) is 117 cm³/mol. The number of benzene rings is 1. The second kappa shape index (κ2) is 9.95. The van der Waals surface area contributed by atoms with Crippen LogP contribution in [0.15, 0.2) is 47.2 Å². The first kappa shape index (κ1) is 22.3. The molecular formula is C21H31FN6O. The van der Waals surface area contributed by atoms with Crippen molar-refractivity contribution in [3.8, 4) is 5.75 Å². The molecule has 0 amide bonds. The van der Waals surface area contributed by atoms with Gasteiger partial charge in [0.05, 0.1) is 24.1 Å². The normalized spacial score (nSPS) is 15.8. The minimum Gasteiger partial charge on any atom is -0.491 e. The lowest BCUT2D eigenvalue weighted by atomic mass is 10.0. The molecule has 0 aromatic heterocycles. The second-order valence-corrected chi connectivity index (χ2v) is 7.14. The van der Waals surface area contributed by atoms with E-state index in [1.165, 1.54) is 0 Å². The molecule has 5 N–H and O–H groups in total. The van der Waals surface area contributed by atoms with Crippen LogP contribution in [-0.2, 0) is 0 Å². The fourth-order valence-electron chi connectivity index (χ4n) is 3.13. The third kappa shape index (κ3) is 5.73. The number of anilines is 1. The molecular weight excluding hydrogens is 371 g/mol. The number of hydrogen-bond donors (Lipinski definition) is 3. The molecule has 0 aliphatic carbocycles. The second-order valence-electron chi connectivity index (χ2n) is 7.14. The van der Waals surface area contributed by atoms with Gasteiger partial charge in [0.15, 0.2) is 0 Å². The van der Waals surface area contributed by atoms with Crippen molar-refractivity contribution in [2.45, 2.75) is 20.0 Å². The molecule has 1 heterocycles. The van der Waals surface area contributed by atoms with E-state index in [4.69, 9.17) is 21.6 Å². The molecule has 1 aliphatic rings. The van der Waals surface area contributed by atoms with E-state index in [0.29, 0.717) is 49.0 Å². The molecule has 0 bridgehead atoms. The number of ether oxygens (including phenoxy) is 1. The Bertz CT molecular complexity index is 817. The highest BCUT2D eigenvalue weighted by molar-refractivity contribution is 6.15. The van der Waals surface area contributed by atoms with Crippen molar-refractivity contribution in [1.29, 1.82) is 5.41 Å². The fraction of sp³-hybridized carbons (Fsp3) is 0.429. The zero-order valence-corrected chi connectivity index (χ0v) is 17.4. The van der Waals surface area contributed by atoms with Crippen LogP contribution < -0.4 is 16.2 Å². The molecule has 158 valence electrons. The van der Waals surface area contributed by atoms with Gasteiger partial charge in [0, 0.05) is 49.7 Å². The summed E-state index contributed by atoms with van der Waals surface area (Å²) in [5.74, 6) is 1.27. The first-order valence-electron chi connectivity index (χ1n) is 9.59. The third-order valence-electron chi connectivity index (χ3n) is 4.61. The van der Waals surface area contributed by atoms with Crippen molar-refractivity contribution >= 4 is 17.2 Å². The Morgan fingerprint density at radius 2 is 2.14 bits per heavy atom. The van der Waals surface area contributed by atoms with Gasteiger partial charge in [-0.25, -0.2) is 4.39 Å². The van der Waals surface area contributed by atoms with E-state index in [-0.39, 0.29) is 17.5 Å². The van der Waals surface area contributed by atoms with Gasteiger partial charge in [-0.15, -0.1) is 0 Å². The van der Waals surface area contributed by atoms with E-state index in [1.807, 2.05) is 23.6 Å². The predicted octanol–water partition coefficient (Wildman–Crippen LogP) is 2.40. The highest BCUT2D eigenvalue weighted by Gasteiger charge is 2.21. The Labute approximate surface area is 172 Å². The van der Waals surface area contributed by atoms with Gasteiger partial charge in [-0.1, -0.05) is 6.58 Å². The highest BCUT2D eigenvalue weighted by Crippen LogP contribution is 2.23. The van der Waals surface area contributed by atoms with Crippen LogP contribution in [-0.4, -0.2) is 67.4 Å². The summed E-state index contributed by atoms with van der Waals surface area (Å²) in [6.07, 6.45) is 1.67. The quantitative estimate of drug-likeness (QED) is 0.369. The smallest absolute Gasteiger partial charge is 0.125 e. The van der Waals surface area contributed by atoms with Crippen LogP contribution in [0.25, 0.3) is 0 Å². The fourth-order valence-corrected chi connectivity index (χ4v) is 3.13. The molecule has 29 heavy (non-hydrogen) atoms. The Morgan fingerprint density at radius 1 is 1.41 bits per heavy atom. The summed E-state index contributed by atoms with van der Waals surface area (Å²) >= 11 is 0. The summed E-state index contributed by atoms with van der Waals surface area (Å²) < 4.78 is 18.3. The van der Waals surface area contributed by atoms with Gasteiger partial charge in [-0.3, -0.25) is 10.4 Å². The number of aliphatic imine (C=N–C) groups is 1. The lowest BCUT2D eigenvalue weighted by Gasteiger charge is -2.38.